The third-order valence-corrected chi connectivity index (χ3v) is 2.13. The van der Waals surface area contributed by atoms with Crippen LogP contribution in [0.15, 0.2) is 0 Å². The third-order valence-electron chi connectivity index (χ3n) is 2.13. The van der Waals surface area contributed by atoms with Gasteiger partial charge in [-0.15, -0.1) is 0 Å². The van der Waals surface area contributed by atoms with Crippen molar-refractivity contribution in [3.8, 4) is 0 Å². The quantitative estimate of drug-likeness (QED) is 0.534. The molecule has 1 fully saturated rings. The summed E-state index contributed by atoms with van der Waals surface area (Å²) >= 11 is 0. The Morgan fingerprint density at radius 3 is 2.67 bits per heavy atom. The van der Waals surface area contributed by atoms with E-state index in [4.69, 9.17) is 5.11 Å². The number of carboxylic acids is 1. The molecular weight excluding hydrogens is 158 g/mol. The topological polar surface area (TPSA) is 57.6 Å². The van der Waals surface area contributed by atoms with E-state index in [1.54, 1.807) is 0 Å². The lowest BCUT2D eigenvalue weighted by Crippen LogP contribution is -2.42. The van der Waals surface area contributed by atoms with Crippen molar-refractivity contribution in [2.75, 3.05) is 13.1 Å². The molecule has 1 aliphatic heterocycles. The lowest BCUT2D eigenvalue weighted by molar-refractivity contribution is -0.156. The van der Waals surface area contributed by atoms with Gasteiger partial charge in [0.15, 0.2) is 0 Å². The number of rotatable bonds is 0. The van der Waals surface area contributed by atoms with Crippen LogP contribution >= 0.6 is 0 Å². The predicted octanol–water partition coefficient (Wildman–Crippen LogP) is 0.329. The SMILES string of the molecule is CC1CCCN(C(=O)C(=O)O)C1. The largest absolute Gasteiger partial charge is 0.474 e. The van der Waals surface area contributed by atoms with Crippen molar-refractivity contribution >= 4 is 11.9 Å². The molecule has 0 bridgehead atoms. The van der Waals surface area contributed by atoms with E-state index in [2.05, 4.69) is 0 Å². The van der Waals surface area contributed by atoms with Gasteiger partial charge < -0.3 is 10.0 Å². The standard InChI is InChI=1S/C8H13NO3/c1-6-3-2-4-9(5-6)7(10)8(11)12/h6H,2-5H2,1H3,(H,11,12). The first-order chi connectivity index (χ1) is 5.61. The summed E-state index contributed by atoms with van der Waals surface area (Å²) in [6.07, 6.45) is 2.00. The minimum atomic E-state index is -1.34. The molecule has 4 heteroatoms. The second kappa shape index (κ2) is 3.56. The lowest BCUT2D eigenvalue weighted by Gasteiger charge is -2.29. The number of hydrogen-bond donors (Lipinski definition) is 1. The molecule has 0 spiro atoms. The van der Waals surface area contributed by atoms with Gasteiger partial charge in [-0.1, -0.05) is 6.92 Å². The number of aliphatic carboxylic acids is 1. The summed E-state index contributed by atoms with van der Waals surface area (Å²) < 4.78 is 0. The summed E-state index contributed by atoms with van der Waals surface area (Å²) in [6, 6.07) is 0. The van der Waals surface area contributed by atoms with Gasteiger partial charge in [-0.05, 0) is 18.8 Å². The molecule has 1 unspecified atom stereocenters. The molecule has 68 valence electrons. The average Bonchev–Trinajstić information content (AvgIpc) is 2.03. The lowest BCUT2D eigenvalue weighted by atomic mass is 10.0. The van der Waals surface area contributed by atoms with Crippen LogP contribution < -0.4 is 0 Å². The molecule has 1 amide bonds. The molecule has 0 radical (unpaired) electrons. The highest BCUT2D eigenvalue weighted by atomic mass is 16.4. The number of carbonyl (C=O) groups excluding carboxylic acids is 1. The van der Waals surface area contributed by atoms with Crippen molar-refractivity contribution in [1.82, 2.24) is 4.90 Å². The minimum Gasteiger partial charge on any atom is -0.474 e. The Morgan fingerprint density at radius 1 is 1.50 bits per heavy atom. The van der Waals surface area contributed by atoms with Crippen molar-refractivity contribution in [2.24, 2.45) is 5.92 Å². The van der Waals surface area contributed by atoms with Crippen molar-refractivity contribution in [2.45, 2.75) is 19.8 Å². The second-order valence-corrected chi connectivity index (χ2v) is 3.30. The van der Waals surface area contributed by atoms with E-state index >= 15 is 0 Å². The molecule has 1 heterocycles. The molecule has 0 aromatic rings. The van der Waals surface area contributed by atoms with Gasteiger partial charge in [0, 0.05) is 13.1 Å². The van der Waals surface area contributed by atoms with E-state index < -0.39 is 11.9 Å². The monoisotopic (exact) mass is 171 g/mol. The molecule has 1 saturated heterocycles. The van der Waals surface area contributed by atoms with Crippen LogP contribution in [0.3, 0.4) is 0 Å². The van der Waals surface area contributed by atoms with Crippen LogP contribution in [0.1, 0.15) is 19.8 Å². The minimum absolute atomic E-state index is 0.432. The molecule has 1 N–H and O–H groups in total. The fraction of sp³-hybridized carbons (Fsp3) is 0.750. The molecule has 0 aliphatic carbocycles. The van der Waals surface area contributed by atoms with Gasteiger partial charge in [-0.25, -0.2) is 4.79 Å². The average molecular weight is 171 g/mol. The zero-order valence-electron chi connectivity index (χ0n) is 7.12. The van der Waals surface area contributed by atoms with Crippen LogP contribution in [0.25, 0.3) is 0 Å². The van der Waals surface area contributed by atoms with E-state index in [0.717, 1.165) is 12.8 Å². The molecule has 0 saturated carbocycles. The van der Waals surface area contributed by atoms with Gasteiger partial charge in [0.2, 0.25) is 0 Å². The van der Waals surface area contributed by atoms with Crippen molar-refractivity contribution in [1.29, 1.82) is 0 Å². The highest BCUT2D eigenvalue weighted by Crippen LogP contribution is 2.15. The molecular formula is C8H13NO3. The number of hydrogen-bond acceptors (Lipinski definition) is 2. The van der Waals surface area contributed by atoms with Gasteiger partial charge in [-0.2, -0.15) is 0 Å². The number of carboxylic acid groups (broad SMARTS) is 1. The first-order valence-electron chi connectivity index (χ1n) is 4.13. The summed E-state index contributed by atoms with van der Waals surface area (Å²) in [5.41, 5.74) is 0. The highest BCUT2D eigenvalue weighted by molar-refractivity contribution is 6.31. The Morgan fingerprint density at radius 2 is 2.17 bits per heavy atom. The summed E-state index contributed by atoms with van der Waals surface area (Å²) in [5, 5.41) is 8.43. The van der Waals surface area contributed by atoms with Gasteiger partial charge in [0.1, 0.15) is 0 Å². The van der Waals surface area contributed by atoms with E-state index in [-0.39, 0.29) is 0 Å². The number of piperidine rings is 1. The summed E-state index contributed by atoms with van der Waals surface area (Å²) in [6.45, 7) is 3.21. The molecule has 1 aliphatic rings. The number of amides is 1. The van der Waals surface area contributed by atoms with Gasteiger partial charge in [-0.3, -0.25) is 4.79 Å². The van der Waals surface area contributed by atoms with Gasteiger partial charge in [0.05, 0.1) is 0 Å². The summed E-state index contributed by atoms with van der Waals surface area (Å²) in [5.74, 6) is -1.67. The van der Waals surface area contributed by atoms with Gasteiger partial charge >= 0.3 is 11.9 Å². The Hall–Kier alpha value is -1.06. The van der Waals surface area contributed by atoms with E-state index in [1.807, 2.05) is 6.92 Å². The van der Waals surface area contributed by atoms with Crippen molar-refractivity contribution < 1.29 is 14.7 Å². The molecule has 0 aromatic heterocycles. The van der Waals surface area contributed by atoms with Crippen molar-refractivity contribution in [3.63, 3.8) is 0 Å². The zero-order valence-corrected chi connectivity index (χ0v) is 7.12. The maximum Gasteiger partial charge on any atom is 0.394 e. The van der Waals surface area contributed by atoms with Crippen LogP contribution in [0.2, 0.25) is 0 Å². The Balaban J connectivity index is 2.51. The van der Waals surface area contributed by atoms with Crippen molar-refractivity contribution in [3.05, 3.63) is 0 Å². The highest BCUT2D eigenvalue weighted by Gasteiger charge is 2.25. The molecule has 12 heavy (non-hydrogen) atoms. The van der Waals surface area contributed by atoms with E-state index in [9.17, 15) is 9.59 Å². The Bertz CT molecular complexity index is 202. The summed E-state index contributed by atoms with van der Waals surface area (Å²) in [4.78, 5) is 22.7. The van der Waals surface area contributed by atoms with Crippen LogP contribution in [-0.4, -0.2) is 35.0 Å². The van der Waals surface area contributed by atoms with Crippen LogP contribution in [0.5, 0.6) is 0 Å². The molecule has 0 aromatic carbocycles. The third kappa shape index (κ3) is 1.96. The first-order valence-corrected chi connectivity index (χ1v) is 4.13. The second-order valence-electron chi connectivity index (χ2n) is 3.30. The van der Waals surface area contributed by atoms with Crippen LogP contribution in [0.4, 0.5) is 0 Å². The molecule has 1 rings (SSSR count). The van der Waals surface area contributed by atoms with Crippen LogP contribution in [0, 0.1) is 5.92 Å². The zero-order chi connectivity index (χ0) is 9.14. The fourth-order valence-electron chi connectivity index (χ4n) is 1.51. The van der Waals surface area contributed by atoms with Crippen LogP contribution in [-0.2, 0) is 9.59 Å². The van der Waals surface area contributed by atoms with E-state index in [1.165, 1.54) is 4.90 Å². The fourth-order valence-corrected chi connectivity index (χ4v) is 1.51. The summed E-state index contributed by atoms with van der Waals surface area (Å²) in [7, 11) is 0. The number of likely N-dealkylation sites (tertiary alicyclic amines) is 1. The Labute approximate surface area is 71.2 Å². The van der Waals surface area contributed by atoms with E-state index in [0.29, 0.717) is 19.0 Å². The maximum atomic E-state index is 11.0. The molecule has 1 atom stereocenters. The predicted molar refractivity (Wildman–Crippen MR) is 42.6 cm³/mol. The first kappa shape index (κ1) is 9.03. The Kier molecular flexibility index (Phi) is 2.68. The molecule has 4 nitrogen and oxygen atoms in total. The maximum absolute atomic E-state index is 11.0. The smallest absolute Gasteiger partial charge is 0.394 e. The van der Waals surface area contributed by atoms with Gasteiger partial charge in [0.25, 0.3) is 0 Å². The number of nitrogens with zero attached hydrogens (tertiary/aromatic N) is 1. The number of carbonyl (C=O) groups is 2. The normalized spacial score (nSPS) is 23.8.